The van der Waals surface area contributed by atoms with E-state index >= 15 is 0 Å². The van der Waals surface area contributed by atoms with Crippen molar-refractivity contribution >= 4 is 15.7 Å². The summed E-state index contributed by atoms with van der Waals surface area (Å²) in [5.74, 6) is -0.0250. The van der Waals surface area contributed by atoms with Crippen LogP contribution in [0, 0.1) is 10.1 Å². The molecular formula is C12H18N2O6S. The van der Waals surface area contributed by atoms with Crippen LogP contribution in [-0.4, -0.2) is 49.1 Å². The Bertz CT molecular complexity index is 641. The number of aliphatic hydroxyl groups is 1. The van der Waals surface area contributed by atoms with Crippen LogP contribution in [0.1, 0.15) is 13.8 Å². The number of nitro benzene ring substituents is 1. The second-order valence-corrected chi connectivity index (χ2v) is 7.00. The van der Waals surface area contributed by atoms with Crippen molar-refractivity contribution in [1.82, 2.24) is 4.31 Å². The van der Waals surface area contributed by atoms with Crippen LogP contribution in [0.3, 0.4) is 0 Å². The fourth-order valence-corrected chi connectivity index (χ4v) is 3.08. The molecule has 0 fully saturated rings. The summed E-state index contributed by atoms with van der Waals surface area (Å²) >= 11 is 0. The predicted octanol–water partition coefficient (Wildman–Crippen LogP) is 0.995. The molecule has 0 aliphatic carbocycles. The van der Waals surface area contributed by atoms with E-state index in [4.69, 9.17) is 4.74 Å². The molecule has 0 saturated heterocycles. The summed E-state index contributed by atoms with van der Waals surface area (Å²) in [7, 11) is -1.41. The van der Waals surface area contributed by atoms with Crippen molar-refractivity contribution in [1.29, 1.82) is 0 Å². The molecule has 0 aliphatic heterocycles. The number of hydrogen-bond acceptors (Lipinski definition) is 6. The average molecular weight is 318 g/mol. The van der Waals surface area contributed by atoms with Gasteiger partial charge in [-0.3, -0.25) is 10.1 Å². The number of likely N-dealkylation sites (N-methyl/N-ethyl adjacent to an activating group) is 1. The molecular weight excluding hydrogens is 300 g/mol. The van der Waals surface area contributed by atoms with Gasteiger partial charge >= 0.3 is 5.69 Å². The van der Waals surface area contributed by atoms with Gasteiger partial charge < -0.3 is 9.84 Å². The van der Waals surface area contributed by atoms with E-state index in [9.17, 15) is 23.6 Å². The Labute approximate surface area is 123 Å². The first-order chi connectivity index (χ1) is 9.57. The fraction of sp³-hybridized carbons (Fsp3) is 0.500. The molecule has 0 unspecified atom stereocenters. The highest BCUT2D eigenvalue weighted by atomic mass is 32.2. The maximum absolute atomic E-state index is 12.5. The van der Waals surface area contributed by atoms with E-state index in [1.54, 1.807) is 13.8 Å². The van der Waals surface area contributed by atoms with E-state index in [2.05, 4.69) is 0 Å². The third kappa shape index (κ3) is 3.31. The van der Waals surface area contributed by atoms with Crippen LogP contribution in [0.2, 0.25) is 0 Å². The van der Waals surface area contributed by atoms with Gasteiger partial charge in [0.2, 0.25) is 10.0 Å². The van der Waals surface area contributed by atoms with Crippen molar-refractivity contribution in [3.8, 4) is 5.75 Å². The zero-order valence-corrected chi connectivity index (χ0v) is 13.0. The predicted molar refractivity (Wildman–Crippen MR) is 75.8 cm³/mol. The fourth-order valence-electron chi connectivity index (χ4n) is 1.56. The number of nitro groups is 1. The van der Waals surface area contributed by atoms with Gasteiger partial charge in [-0.1, -0.05) is 0 Å². The summed E-state index contributed by atoms with van der Waals surface area (Å²) in [6, 6.07) is 3.40. The molecule has 0 radical (unpaired) electrons. The van der Waals surface area contributed by atoms with Crippen LogP contribution in [-0.2, 0) is 10.0 Å². The molecule has 0 amide bonds. The highest BCUT2D eigenvalue weighted by molar-refractivity contribution is 7.89. The van der Waals surface area contributed by atoms with Gasteiger partial charge in [0.05, 0.1) is 29.1 Å². The van der Waals surface area contributed by atoms with Gasteiger partial charge in [0.25, 0.3) is 0 Å². The number of methoxy groups -OCH3 is 1. The van der Waals surface area contributed by atoms with Crippen molar-refractivity contribution < 1.29 is 23.2 Å². The lowest BCUT2D eigenvalue weighted by Gasteiger charge is -2.32. The molecule has 1 aromatic carbocycles. The minimum absolute atomic E-state index is 0.0250. The number of sulfonamides is 1. The number of benzene rings is 1. The van der Waals surface area contributed by atoms with Gasteiger partial charge in [-0.25, -0.2) is 8.42 Å². The average Bonchev–Trinajstić information content (AvgIpc) is 2.45. The number of hydrogen-bond donors (Lipinski definition) is 1. The van der Waals surface area contributed by atoms with E-state index in [0.717, 1.165) is 10.4 Å². The highest BCUT2D eigenvalue weighted by Crippen LogP contribution is 2.31. The zero-order valence-electron chi connectivity index (χ0n) is 12.2. The number of rotatable bonds is 6. The van der Waals surface area contributed by atoms with Crippen molar-refractivity contribution in [3.63, 3.8) is 0 Å². The molecule has 21 heavy (non-hydrogen) atoms. The normalized spacial score (nSPS) is 12.5. The van der Waals surface area contributed by atoms with E-state index in [1.807, 2.05) is 0 Å². The van der Waals surface area contributed by atoms with Gasteiger partial charge in [0.1, 0.15) is 0 Å². The molecule has 0 bridgehead atoms. The first-order valence-electron chi connectivity index (χ1n) is 6.00. The number of nitrogens with zero attached hydrogens (tertiary/aromatic N) is 2. The van der Waals surface area contributed by atoms with E-state index in [1.165, 1.54) is 26.3 Å². The summed E-state index contributed by atoms with van der Waals surface area (Å²) in [6.07, 6.45) is 0. The van der Waals surface area contributed by atoms with Crippen LogP contribution in [0.5, 0.6) is 5.75 Å². The minimum atomic E-state index is -3.98. The summed E-state index contributed by atoms with van der Waals surface area (Å²) in [6.45, 7) is 2.70. The van der Waals surface area contributed by atoms with Crippen LogP contribution in [0.25, 0.3) is 0 Å². The lowest BCUT2D eigenvalue weighted by molar-refractivity contribution is -0.386. The molecule has 0 saturated carbocycles. The molecule has 0 heterocycles. The van der Waals surface area contributed by atoms with Crippen LogP contribution < -0.4 is 4.74 Å². The molecule has 1 N–H and O–H groups in total. The topological polar surface area (TPSA) is 110 Å². The minimum Gasteiger partial charge on any atom is -0.490 e. The highest BCUT2D eigenvalue weighted by Gasteiger charge is 2.34. The second kappa shape index (κ2) is 5.96. The van der Waals surface area contributed by atoms with Crippen molar-refractivity contribution in [2.24, 2.45) is 0 Å². The van der Waals surface area contributed by atoms with Gasteiger partial charge in [-0.05, 0) is 26.0 Å². The van der Waals surface area contributed by atoms with Gasteiger partial charge in [0, 0.05) is 13.1 Å². The first-order valence-corrected chi connectivity index (χ1v) is 7.44. The van der Waals surface area contributed by atoms with Gasteiger partial charge in [0.15, 0.2) is 5.75 Å². The Morgan fingerprint density at radius 2 is 2.00 bits per heavy atom. The molecule has 1 aromatic rings. The summed E-state index contributed by atoms with van der Waals surface area (Å²) < 4.78 is 30.7. The Morgan fingerprint density at radius 3 is 2.43 bits per heavy atom. The number of aliphatic hydroxyl groups excluding tert-OH is 1. The van der Waals surface area contributed by atoms with Crippen LogP contribution >= 0.6 is 0 Å². The van der Waals surface area contributed by atoms with Gasteiger partial charge in [-0.15, -0.1) is 0 Å². The Morgan fingerprint density at radius 1 is 1.43 bits per heavy atom. The smallest absolute Gasteiger partial charge is 0.312 e. The summed E-state index contributed by atoms with van der Waals surface area (Å²) in [5, 5.41) is 20.2. The Kier molecular flexibility index (Phi) is 4.92. The molecule has 0 spiro atoms. The maximum Gasteiger partial charge on any atom is 0.312 e. The molecule has 1 rings (SSSR count). The van der Waals surface area contributed by atoms with Gasteiger partial charge in [-0.2, -0.15) is 4.31 Å². The SMILES string of the molecule is COc1ccc(S(=O)(=O)N(C)C(C)(C)CO)cc1[N+](=O)[O-]. The number of ether oxygens (including phenoxy) is 1. The van der Waals surface area contributed by atoms with Crippen molar-refractivity contribution in [3.05, 3.63) is 28.3 Å². The monoisotopic (exact) mass is 318 g/mol. The van der Waals surface area contributed by atoms with E-state index in [0.29, 0.717) is 0 Å². The van der Waals surface area contributed by atoms with E-state index in [-0.39, 0.29) is 17.3 Å². The van der Waals surface area contributed by atoms with E-state index < -0.39 is 26.2 Å². The zero-order chi connectivity index (χ0) is 16.4. The second-order valence-electron chi connectivity index (χ2n) is 5.03. The first kappa shape index (κ1) is 17.3. The molecule has 9 heteroatoms. The summed E-state index contributed by atoms with van der Waals surface area (Å²) in [5.41, 5.74) is -1.47. The standard InChI is InChI=1S/C12H18N2O6S/c1-12(2,8-15)13(3)21(18,19)9-5-6-11(20-4)10(7-9)14(16)17/h5-7,15H,8H2,1-4H3. The molecule has 8 nitrogen and oxygen atoms in total. The quantitative estimate of drug-likeness (QED) is 0.619. The van der Waals surface area contributed by atoms with Crippen LogP contribution in [0.4, 0.5) is 5.69 Å². The molecule has 0 aliphatic rings. The lowest BCUT2D eigenvalue weighted by atomic mass is 10.1. The summed E-state index contributed by atoms with van der Waals surface area (Å²) in [4.78, 5) is 10.0. The lowest BCUT2D eigenvalue weighted by Crippen LogP contribution is -2.47. The Hall–Kier alpha value is -1.71. The Balaban J connectivity index is 3.40. The molecule has 0 aromatic heterocycles. The third-order valence-electron chi connectivity index (χ3n) is 3.24. The third-order valence-corrected chi connectivity index (χ3v) is 5.31. The largest absolute Gasteiger partial charge is 0.490 e. The molecule has 0 atom stereocenters. The van der Waals surface area contributed by atoms with Crippen molar-refractivity contribution in [2.75, 3.05) is 20.8 Å². The van der Waals surface area contributed by atoms with Crippen LogP contribution in [0.15, 0.2) is 23.1 Å². The maximum atomic E-state index is 12.5. The molecule has 118 valence electrons. The van der Waals surface area contributed by atoms with Crippen molar-refractivity contribution in [2.45, 2.75) is 24.3 Å².